The van der Waals surface area contributed by atoms with Gasteiger partial charge in [-0.05, 0) is 32.8 Å². The number of hydrogen-bond donors (Lipinski definition) is 0. The third kappa shape index (κ3) is 158. The zero-order valence-electron chi connectivity index (χ0n) is 20.4. The van der Waals surface area contributed by atoms with Gasteiger partial charge in [-0.15, -0.1) is 4.86 Å². The molecule has 0 radical (unpaired) electrons. The topological polar surface area (TPSA) is 98.7 Å². The minimum Gasteiger partial charge on any atom is -0.600 e. The largest absolute Gasteiger partial charge is 0.600 e. The number of ether oxygens (including phenoxy) is 2. The van der Waals surface area contributed by atoms with Crippen LogP contribution in [0, 0.1) is 5.21 Å². The Labute approximate surface area is 174 Å². The number of methoxy groups -OCH3 is 2. The Morgan fingerprint density at radius 3 is 1.29 bits per heavy atom. The van der Waals surface area contributed by atoms with Gasteiger partial charge in [-0.1, -0.05) is 44.9 Å². The van der Waals surface area contributed by atoms with E-state index in [1.165, 1.54) is 40.1 Å². The van der Waals surface area contributed by atoms with Crippen LogP contribution >= 0.6 is 0 Å². The molecule has 8 nitrogen and oxygen atoms in total. The maximum Gasteiger partial charge on any atom is 0.330 e. The summed E-state index contributed by atoms with van der Waals surface area (Å²) in [6, 6.07) is 0. The zero-order chi connectivity index (χ0) is 23.6. The molecular weight excluding hydrogens is 360 g/mol. The zero-order valence-corrected chi connectivity index (χ0v) is 20.4. The van der Waals surface area contributed by atoms with E-state index in [1.54, 1.807) is 34.2 Å². The van der Waals surface area contributed by atoms with Crippen LogP contribution in [-0.4, -0.2) is 59.8 Å². The number of carbonyl (C=O) groups is 1. The molecule has 0 aliphatic carbocycles. The summed E-state index contributed by atoms with van der Waals surface area (Å²) in [5, 5.41) is 19.5. The Balaban J connectivity index is -0.0000000528. The number of esters is 1. The van der Waals surface area contributed by atoms with Crippen molar-refractivity contribution in [2.45, 2.75) is 54.4 Å². The lowest BCUT2D eigenvalue weighted by Gasteiger charge is -1.84. The average molecular weight is 407 g/mol. The molecule has 0 amide bonds. The van der Waals surface area contributed by atoms with Crippen molar-refractivity contribution in [3.8, 4) is 0 Å². The van der Waals surface area contributed by atoms with Gasteiger partial charge < -0.3 is 14.7 Å². The molecule has 8 heteroatoms. The SMILES string of the molecule is C/C=C/C(=O)OC.CC=CC.CCCC.CCOC.CN=NC.CN=[N+](C)[O-]. The summed E-state index contributed by atoms with van der Waals surface area (Å²) in [6.07, 6.45) is 9.63. The van der Waals surface area contributed by atoms with Gasteiger partial charge in [0.1, 0.15) is 0 Å². The number of nitrogens with zero attached hydrogens (tertiary/aromatic N) is 4. The summed E-state index contributed by atoms with van der Waals surface area (Å²) in [5.41, 5.74) is 0. The van der Waals surface area contributed by atoms with Crippen molar-refractivity contribution in [1.29, 1.82) is 0 Å². The summed E-state index contributed by atoms with van der Waals surface area (Å²) in [6.45, 7) is 12.9. The lowest BCUT2D eigenvalue weighted by Crippen LogP contribution is -1.92. The maximum absolute atomic E-state index is 10.1. The Bertz CT molecular complexity index is 326. The monoisotopic (exact) mass is 406 g/mol. The van der Waals surface area contributed by atoms with Crippen molar-refractivity contribution < 1.29 is 19.1 Å². The number of carbonyl (C=O) groups excluding carboxylic acids is 1. The van der Waals surface area contributed by atoms with E-state index in [9.17, 15) is 10.0 Å². The molecule has 0 atom stereocenters. The van der Waals surface area contributed by atoms with Crippen LogP contribution in [0.1, 0.15) is 54.4 Å². The van der Waals surface area contributed by atoms with Gasteiger partial charge in [-0.3, -0.25) is 0 Å². The van der Waals surface area contributed by atoms with Crippen LogP contribution in [0.15, 0.2) is 39.6 Å². The van der Waals surface area contributed by atoms with E-state index in [0.29, 0.717) is 4.86 Å². The van der Waals surface area contributed by atoms with E-state index >= 15 is 0 Å². The van der Waals surface area contributed by atoms with E-state index in [2.05, 4.69) is 38.7 Å². The van der Waals surface area contributed by atoms with Gasteiger partial charge >= 0.3 is 5.97 Å². The third-order valence-corrected chi connectivity index (χ3v) is 2.11. The number of hydroxylamine groups is 1. The molecule has 0 saturated carbocycles. The number of azo groups is 2. The standard InChI is InChI=1S/C5H8O2.C4H10.C4H8.C3H8O.C2H6N2O.C2H6N2/c1-3-4-5(6)7-2;3*1-3-4-2;1-3-4(2)5;1-3-4-2/h3-4H,1-2H3;3-4H2,1-2H3;3-4H,1-2H3;3H2,1-2H3;1-2H3;1-2H3/b4-3+;;;;;. The molecule has 0 saturated heterocycles. The molecule has 0 rings (SSSR count). The van der Waals surface area contributed by atoms with Gasteiger partial charge in [0.2, 0.25) is 0 Å². The second-order valence-electron chi connectivity index (χ2n) is 4.33. The summed E-state index contributed by atoms with van der Waals surface area (Å²) >= 11 is 0. The Hall–Kier alpha value is -2.09. The molecule has 0 aliphatic rings. The van der Waals surface area contributed by atoms with Gasteiger partial charge in [-0.25, -0.2) is 4.79 Å². The fourth-order valence-corrected chi connectivity index (χ4v) is 0.204. The Morgan fingerprint density at radius 1 is 0.929 bits per heavy atom. The van der Waals surface area contributed by atoms with E-state index in [1.807, 2.05) is 32.9 Å². The second-order valence-corrected chi connectivity index (χ2v) is 4.33. The van der Waals surface area contributed by atoms with Gasteiger partial charge in [-0.2, -0.15) is 10.2 Å². The minimum atomic E-state index is -0.303. The van der Waals surface area contributed by atoms with Crippen LogP contribution in [0.3, 0.4) is 0 Å². The van der Waals surface area contributed by atoms with Gasteiger partial charge in [0.05, 0.1) is 14.2 Å². The number of allylic oxidation sites excluding steroid dienone is 3. The molecule has 0 aromatic rings. The first-order valence-electron chi connectivity index (χ1n) is 9.19. The molecule has 0 bridgehead atoms. The van der Waals surface area contributed by atoms with Crippen molar-refractivity contribution in [1.82, 2.24) is 0 Å². The van der Waals surface area contributed by atoms with E-state index in [4.69, 9.17) is 0 Å². The molecule has 0 spiro atoms. The minimum absolute atomic E-state index is 0.303. The third-order valence-electron chi connectivity index (χ3n) is 2.11. The molecule has 28 heavy (non-hydrogen) atoms. The molecule has 0 fully saturated rings. The Morgan fingerprint density at radius 2 is 1.25 bits per heavy atom. The predicted octanol–water partition coefficient (Wildman–Crippen LogP) is 5.68. The van der Waals surface area contributed by atoms with Crippen LogP contribution < -0.4 is 0 Å². The molecule has 170 valence electrons. The lowest BCUT2D eigenvalue weighted by molar-refractivity contribution is -0.497. The summed E-state index contributed by atoms with van der Waals surface area (Å²) < 4.78 is 8.81. The van der Waals surface area contributed by atoms with Crippen LogP contribution in [0.4, 0.5) is 0 Å². The summed E-state index contributed by atoms with van der Waals surface area (Å²) in [5.74, 6) is -0.303. The highest BCUT2D eigenvalue weighted by molar-refractivity contribution is 5.81. The van der Waals surface area contributed by atoms with Crippen LogP contribution in [0.25, 0.3) is 0 Å². The second kappa shape index (κ2) is 56.3. The van der Waals surface area contributed by atoms with Gasteiger partial charge in [0, 0.05) is 33.9 Å². The number of unbranched alkanes of at least 4 members (excludes halogenated alkanes) is 1. The lowest BCUT2D eigenvalue weighted by atomic mass is 10.4. The van der Waals surface area contributed by atoms with E-state index in [0.717, 1.165) is 6.61 Å². The summed E-state index contributed by atoms with van der Waals surface area (Å²) in [7, 11) is 9.08. The summed E-state index contributed by atoms with van der Waals surface area (Å²) in [4.78, 5) is 10.6. The highest BCUT2D eigenvalue weighted by Gasteiger charge is 1.84. The number of rotatable bonds is 3. The highest BCUT2D eigenvalue weighted by atomic mass is 16.5. The van der Waals surface area contributed by atoms with E-state index < -0.39 is 0 Å². The number of hydrogen-bond acceptors (Lipinski definition) is 7. The van der Waals surface area contributed by atoms with Gasteiger partial charge in [0.25, 0.3) is 0 Å². The van der Waals surface area contributed by atoms with Gasteiger partial charge in [0.15, 0.2) is 7.05 Å². The Kier molecular flexibility index (Phi) is 81.5. The average Bonchev–Trinajstić information content (AvgIpc) is 2.74. The highest BCUT2D eigenvalue weighted by Crippen LogP contribution is 1.76. The molecule has 0 aromatic heterocycles. The molecule has 0 heterocycles. The molecule has 0 unspecified atom stereocenters. The van der Waals surface area contributed by atoms with Crippen molar-refractivity contribution in [3.63, 3.8) is 0 Å². The molecule has 0 aromatic carbocycles. The fourth-order valence-electron chi connectivity index (χ4n) is 0.204. The van der Waals surface area contributed by atoms with Crippen LogP contribution in [0.2, 0.25) is 0 Å². The first kappa shape index (κ1) is 40.6. The molecule has 0 aliphatic heterocycles. The quantitative estimate of drug-likeness (QED) is 0.150. The smallest absolute Gasteiger partial charge is 0.330 e. The fraction of sp³-hybridized carbons (Fsp3) is 0.750. The van der Waals surface area contributed by atoms with E-state index in [-0.39, 0.29) is 5.97 Å². The normalized spacial score (nSPS) is 9.36. The van der Waals surface area contributed by atoms with Crippen molar-refractivity contribution >= 4 is 5.97 Å². The molecule has 0 N–H and O–H groups in total. The first-order chi connectivity index (χ1) is 13.2. The van der Waals surface area contributed by atoms with Crippen LogP contribution in [-0.2, 0) is 14.3 Å². The maximum atomic E-state index is 10.1. The predicted molar refractivity (Wildman–Crippen MR) is 120 cm³/mol. The van der Waals surface area contributed by atoms with Crippen LogP contribution in [0.5, 0.6) is 0 Å². The van der Waals surface area contributed by atoms with Crippen molar-refractivity contribution in [3.05, 3.63) is 29.5 Å². The molecular formula is C20H46N4O4. The van der Waals surface area contributed by atoms with Crippen molar-refractivity contribution in [2.24, 2.45) is 15.3 Å². The first-order valence-corrected chi connectivity index (χ1v) is 9.19. The van der Waals surface area contributed by atoms with Crippen molar-refractivity contribution in [2.75, 3.05) is 49.0 Å².